The van der Waals surface area contributed by atoms with Crippen molar-refractivity contribution in [3.63, 3.8) is 0 Å². The molecule has 3 aromatic carbocycles. The van der Waals surface area contributed by atoms with Crippen LogP contribution in [0.15, 0.2) is 84.0 Å². The number of fused-ring (bicyclic) bond motifs is 1. The summed E-state index contributed by atoms with van der Waals surface area (Å²) in [6.45, 7) is 0.412. The molecule has 6 nitrogen and oxygen atoms in total. The van der Waals surface area contributed by atoms with Crippen LogP contribution in [0.5, 0.6) is 0 Å². The lowest BCUT2D eigenvalue weighted by atomic mass is 10.0. The van der Waals surface area contributed by atoms with E-state index in [1.807, 2.05) is 71.6 Å². The average Bonchev–Trinajstić information content (AvgIpc) is 3.44. The zero-order valence-corrected chi connectivity index (χ0v) is 17.2. The van der Waals surface area contributed by atoms with E-state index in [2.05, 4.69) is 22.3 Å². The lowest BCUT2D eigenvalue weighted by molar-refractivity contribution is 0.0734. The molecule has 1 aliphatic heterocycles. The first-order chi connectivity index (χ1) is 15.2. The van der Waals surface area contributed by atoms with Crippen LogP contribution < -0.4 is 0 Å². The van der Waals surface area contributed by atoms with Gasteiger partial charge in [0.2, 0.25) is 0 Å². The number of imidazole rings is 1. The summed E-state index contributed by atoms with van der Waals surface area (Å²) in [5.74, 6) is 0.711. The van der Waals surface area contributed by atoms with Gasteiger partial charge in [-0.1, -0.05) is 59.8 Å². The van der Waals surface area contributed by atoms with Crippen molar-refractivity contribution in [2.24, 2.45) is 5.16 Å². The molecule has 1 unspecified atom stereocenters. The van der Waals surface area contributed by atoms with Crippen molar-refractivity contribution in [3.05, 3.63) is 90.3 Å². The second-order valence-electron chi connectivity index (χ2n) is 7.58. The second-order valence-corrected chi connectivity index (χ2v) is 7.58. The molecule has 1 N–H and O–H groups in total. The summed E-state index contributed by atoms with van der Waals surface area (Å²) in [5, 5.41) is 4.11. The molecule has 1 fully saturated rings. The van der Waals surface area contributed by atoms with E-state index in [1.165, 1.54) is 7.11 Å². The number of carbonyl (C=O) groups is 1. The van der Waals surface area contributed by atoms with Gasteiger partial charge in [0, 0.05) is 12.0 Å². The summed E-state index contributed by atoms with van der Waals surface area (Å²) in [5.41, 5.74) is 5.50. The molecule has 0 radical (unpaired) electrons. The van der Waals surface area contributed by atoms with Crippen molar-refractivity contribution in [1.29, 1.82) is 0 Å². The third-order valence-electron chi connectivity index (χ3n) is 5.60. The Labute approximate surface area is 180 Å². The number of hydrogen-bond donors (Lipinski definition) is 1. The van der Waals surface area contributed by atoms with Gasteiger partial charge in [-0.3, -0.25) is 4.79 Å². The quantitative estimate of drug-likeness (QED) is 0.491. The number of H-pyrrole nitrogens is 1. The molecule has 154 valence electrons. The van der Waals surface area contributed by atoms with Gasteiger partial charge in [-0.25, -0.2) is 4.98 Å². The van der Waals surface area contributed by atoms with Crippen LogP contribution in [-0.2, 0) is 4.84 Å². The van der Waals surface area contributed by atoms with Crippen molar-refractivity contribution >= 4 is 22.7 Å². The second kappa shape index (κ2) is 8.07. The summed E-state index contributed by atoms with van der Waals surface area (Å²) in [6.07, 6.45) is 0.585. The Morgan fingerprint density at radius 3 is 2.45 bits per heavy atom. The third-order valence-corrected chi connectivity index (χ3v) is 5.60. The molecule has 0 spiro atoms. The Kier molecular flexibility index (Phi) is 4.96. The smallest absolute Gasteiger partial charge is 0.254 e. The van der Waals surface area contributed by atoms with Crippen molar-refractivity contribution in [1.82, 2.24) is 14.9 Å². The number of para-hydroxylation sites is 2. The Morgan fingerprint density at radius 2 is 1.71 bits per heavy atom. The van der Waals surface area contributed by atoms with Crippen LogP contribution in [0.25, 0.3) is 22.2 Å². The normalized spacial score (nSPS) is 17.4. The molecule has 6 heteroatoms. The number of likely N-dealkylation sites (tertiary alicyclic amines) is 1. The monoisotopic (exact) mass is 410 g/mol. The highest BCUT2D eigenvalue weighted by Crippen LogP contribution is 2.32. The minimum absolute atomic E-state index is 0.0497. The molecule has 2 heterocycles. The largest absolute Gasteiger partial charge is 0.399 e. The van der Waals surface area contributed by atoms with E-state index in [1.54, 1.807) is 0 Å². The molecule has 0 bridgehead atoms. The number of aromatic nitrogens is 2. The van der Waals surface area contributed by atoms with E-state index < -0.39 is 0 Å². The Morgan fingerprint density at radius 1 is 1.00 bits per heavy atom. The number of rotatable bonds is 4. The number of hydrogen-bond acceptors (Lipinski definition) is 4. The molecular formula is C25H22N4O2. The fraction of sp³-hybridized carbons (Fsp3) is 0.160. The van der Waals surface area contributed by atoms with Crippen molar-refractivity contribution < 1.29 is 9.63 Å². The van der Waals surface area contributed by atoms with Crippen LogP contribution in [0.3, 0.4) is 0 Å². The molecule has 0 saturated carbocycles. The minimum atomic E-state index is -0.220. The number of carbonyl (C=O) groups excluding carboxylic acids is 1. The summed E-state index contributed by atoms with van der Waals surface area (Å²) >= 11 is 0. The number of aromatic amines is 1. The van der Waals surface area contributed by atoms with Gasteiger partial charge in [-0.15, -0.1) is 0 Å². The lowest BCUT2D eigenvalue weighted by Gasteiger charge is -2.22. The van der Waals surface area contributed by atoms with Gasteiger partial charge in [0.05, 0.1) is 29.3 Å². The number of oxime groups is 1. The fourth-order valence-corrected chi connectivity index (χ4v) is 4.09. The minimum Gasteiger partial charge on any atom is -0.399 e. The molecule has 1 aliphatic rings. The van der Waals surface area contributed by atoms with E-state index >= 15 is 0 Å². The van der Waals surface area contributed by atoms with Crippen molar-refractivity contribution in [2.45, 2.75) is 12.5 Å². The van der Waals surface area contributed by atoms with E-state index in [-0.39, 0.29) is 11.9 Å². The maximum absolute atomic E-state index is 13.4. The van der Waals surface area contributed by atoms with Gasteiger partial charge < -0.3 is 14.7 Å². The van der Waals surface area contributed by atoms with E-state index in [4.69, 9.17) is 9.82 Å². The van der Waals surface area contributed by atoms with Gasteiger partial charge in [-0.05, 0) is 35.4 Å². The summed E-state index contributed by atoms with van der Waals surface area (Å²) in [6, 6.07) is 25.5. The molecule has 5 rings (SSSR count). The predicted octanol–water partition coefficient (Wildman–Crippen LogP) is 4.82. The van der Waals surface area contributed by atoms with E-state index in [0.29, 0.717) is 18.5 Å². The Balaban J connectivity index is 1.45. The maximum atomic E-state index is 13.4. The third kappa shape index (κ3) is 3.68. The predicted molar refractivity (Wildman–Crippen MR) is 121 cm³/mol. The van der Waals surface area contributed by atoms with E-state index in [0.717, 1.165) is 33.7 Å². The SMILES string of the molecule is CO/N=C1\CC(c2nc3ccccc3[nH]2)N(C(=O)c2ccc(-c3ccccc3)cc2)C1. The number of benzene rings is 3. The first-order valence-electron chi connectivity index (χ1n) is 10.2. The summed E-state index contributed by atoms with van der Waals surface area (Å²) in [7, 11) is 1.52. The summed E-state index contributed by atoms with van der Waals surface area (Å²) in [4.78, 5) is 28.3. The molecule has 0 aliphatic carbocycles. The van der Waals surface area contributed by atoms with Crippen LogP contribution in [-0.4, -0.2) is 40.1 Å². The van der Waals surface area contributed by atoms with E-state index in [9.17, 15) is 4.79 Å². The standard InChI is InChI=1S/C25H22N4O2/c1-31-28-20-15-23(24-26-21-9-5-6-10-22(21)27-24)29(16-20)25(30)19-13-11-18(12-14-19)17-7-3-2-4-8-17/h2-14,23H,15-16H2,1H3,(H,26,27)/b28-20+. The highest BCUT2D eigenvalue weighted by atomic mass is 16.6. The lowest BCUT2D eigenvalue weighted by Crippen LogP contribution is -2.31. The zero-order valence-electron chi connectivity index (χ0n) is 17.2. The first-order valence-corrected chi connectivity index (χ1v) is 10.2. The molecule has 1 saturated heterocycles. The molecule has 1 aromatic heterocycles. The molecule has 1 atom stereocenters. The van der Waals surface area contributed by atoms with Crippen molar-refractivity contribution in [3.8, 4) is 11.1 Å². The van der Waals surface area contributed by atoms with Crippen LogP contribution in [0.2, 0.25) is 0 Å². The van der Waals surface area contributed by atoms with Crippen molar-refractivity contribution in [2.75, 3.05) is 13.7 Å². The van der Waals surface area contributed by atoms with Gasteiger partial charge >= 0.3 is 0 Å². The van der Waals surface area contributed by atoms with Gasteiger partial charge in [0.1, 0.15) is 12.9 Å². The molecule has 1 amide bonds. The maximum Gasteiger partial charge on any atom is 0.254 e. The van der Waals surface area contributed by atoms with Crippen LogP contribution in [0, 0.1) is 0 Å². The highest BCUT2D eigenvalue weighted by Gasteiger charge is 2.36. The van der Waals surface area contributed by atoms with Gasteiger partial charge in [0.25, 0.3) is 5.91 Å². The summed E-state index contributed by atoms with van der Waals surface area (Å²) < 4.78 is 0. The topological polar surface area (TPSA) is 70.6 Å². The zero-order chi connectivity index (χ0) is 21.2. The number of amides is 1. The van der Waals surface area contributed by atoms with Crippen LogP contribution in [0.4, 0.5) is 0 Å². The number of nitrogens with zero attached hydrogens (tertiary/aromatic N) is 3. The number of nitrogens with one attached hydrogen (secondary N) is 1. The van der Waals surface area contributed by atoms with Crippen LogP contribution in [0.1, 0.15) is 28.6 Å². The van der Waals surface area contributed by atoms with Gasteiger partial charge in [0.15, 0.2) is 0 Å². The fourth-order valence-electron chi connectivity index (χ4n) is 4.09. The molecule has 4 aromatic rings. The first kappa shape index (κ1) is 19.1. The average molecular weight is 410 g/mol. The van der Waals surface area contributed by atoms with Crippen LogP contribution >= 0.6 is 0 Å². The molecule has 31 heavy (non-hydrogen) atoms. The Bertz CT molecular complexity index is 1210. The Hall–Kier alpha value is -3.93. The molecular weight excluding hydrogens is 388 g/mol. The van der Waals surface area contributed by atoms with Gasteiger partial charge in [-0.2, -0.15) is 0 Å². The highest BCUT2D eigenvalue weighted by molar-refractivity contribution is 6.00.